The predicted molar refractivity (Wildman–Crippen MR) is 73.7 cm³/mol. The topological polar surface area (TPSA) is 70.1 Å². The molecule has 0 saturated heterocycles. The quantitative estimate of drug-likeness (QED) is 0.869. The Morgan fingerprint density at radius 3 is 2.45 bits per heavy atom. The lowest BCUT2D eigenvalue weighted by Gasteiger charge is -2.19. The van der Waals surface area contributed by atoms with Gasteiger partial charge in [-0.2, -0.15) is 4.68 Å². The average Bonchev–Trinajstić information content (AvgIpc) is 2.70. The largest absolute Gasteiger partial charge is 0.442 e. The second-order valence-electron chi connectivity index (χ2n) is 5.35. The van der Waals surface area contributed by atoms with Crippen LogP contribution in [0.3, 0.4) is 0 Å². The maximum Gasteiger partial charge on any atom is 0.435 e. The second kappa shape index (κ2) is 4.96. The van der Waals surface area contributed by atoms with Gasteiger partial charge in [0.05, 0.1) is 5.69 Å². The molecule has 20 heavy (non-hydrogen) atoms. The highest BCUT2D eigenvalue weighted by Crippen LogP contribution is 2.23. The third kappa shape index (κ3) is 3.14. The Kier molecular flexibility index (Phi) is 3.48. The van der Waals surface area contributed by atoms with Crippen molar-refractivity contribution in [2.45, 2.75) is 26.4 Å². The number of carbonyl (C=O) groups excluding carboxylic acids is 1. The molecular formula is C14H16FN3O2. The fourth-order valence-corrected chi connectivity index (χ4v) is 1.67. The molecule has 0 fully saturated rings. The van der Waals surface area contributed by atoms with E-state index in [2.05, 4.69) is 5.10 Å². The van der Waals surface area contributed by atoms with Gasteiger partial charge < -0.3 is 10.5 Å². The van der Waals surface area contributed by atoms with Crippen LogP contribution in [0.1, 0.15) is 20.8 Å². The van der Waals surface area contributed by atoms with E-state index in [-0.39, 0.29) is 11.6 Å². The van der Waals surface area contributed by atoms with Crippen molar-refractivity contribution < 1.29 is 13.9 Å². The summed E-state index contributed by atoms with van der Waals surface area (Å²) in [7, 11) is 0. The molecule has 0 saturated carbocycles. The molecule has 2 rings (SSSR count). The fourth-order valence-electron chi connectivity index (χ4n) is 1.67. The summed E-state index contributed by atoms with van der Waals surface area (Å²) in [4.78, 5) is 12.1. The number of aromatic nitrogens is 2. The number of ether oxygens (including phenoxy) is 1. The maximum atomic E-state index is 13.0. The van der Waals surface area contributed by atoms with E-state index in [0.717, 1.165) is 4.68 Å². The molecule has 0 atom stereocenters. The molecule has 0 spiro atoms. The zero-order valence-electron chi connectivity index (χ0n) is 11.6. The lowest BCUT2D eigenvalue weighted by molar-refractivity contribution is 0.0518. The van der Waals surface area contributed by atoms with Crippen LogP contribution >= 0.6 is 0 Å². The van der Waals surface area contributed by atoms with Gasteiger partial charge in [0, 0.05) is 11.6 Å². The number of rotatable bonds is 1. The summed E-state index contributed by atoms with van der Waals surface area (Å²) in [5.41, 5.74) is 6.08. The molecule has 1 heterocycles. The molecule has 0 amide bonds. The van der Waals surface area contributed by atoms with Gasteiger partial charge in [-0.05, 0) is 45.0 Å². The standard InChI is InChI=1S/C14H16FN3O2/c1-14(2,3)20-13(19)18-11(8-12(16)17-18)9-4-6-10(15)7-5-9/h4-8H,1-3H3,(H2,16,17). The summed E-state index contributed by atoms with van der Waals surface area (Å²) in [6.45, 7) is 5.28. The van der Waals surface area contributed by atoms with Crippen molar-refractivity contribution in [1.82, 2.24) is 9.78 Å². The molecule has 0 aliphatic carbocycles. The predicted octanol–water partition coefficient (Wildman–Crippen LogP) is 3.05. The van der Waals surface area contributed by atoms with Crippen LogP contribution in [0.4, 0.5) is 15.0 Å². The fraction of sp³-hybridized carbons (Fsp3) is 0.286. The van der Waals surface area contributed by atoms with E-state index >= 15 is 0 Å². The minimum absolute atomic E-state index is 0.190. The molecule has 1 aromatic carbocycles. The first-order chi connectivity index (χ1) is 9.26. The van der Waals surface area contributed by atoms with Crippen molar-refractivity contribution in [3.63, 3.8) is 0 Å². The summed E-state index contributed by atoms with van der Waals surface area (Å²) in [6.07, 6.45) is -0.631. The molecule has 6 heteroatoms. The van der Waals surface area contributed by atoms with Crippen molar-refractivity contribution in [2.24, 2.45) is 0 Å². The van der Waals surface area contributed by atoms with E-state index in [1.54, 1.807) is 32.9 Å². The molecule has 1 aromatic heterocycles. The van der Waals surface area contributed by atoms with Crippen LogP contribution in [0.25, 0.3) is 11.3 Å². The minimum Gasteiger partial charge on any atom is -0.442 e. The van der Waals surface area contributed by atoms with E-state index in [0.29, 0.717) is 11.3 Å². The van der Waals surface area contributed by atoms with Gasteiger partial charge in [0.2, 0.25) is 0 Å². The molecule has 106 valence electrons. The van der Waals surface area contributed by atoms with Crippen molar-refractivity contribution >= 4 is 11.9 Å². The monoisotopic (exact) mass is 277 g/mol. The zero-order chi connectivity index (χ0) is 14.9. The normalized spacial score (nSPS) is 11.4. The first-order valence-corrected chi connectivity index (χ1v) is 6.11. The van der Waals surface area contributed by atoms with Crippen LogP contribution in [-0.4, -0.2) is 21.5 Å². The molecule has 2 aromatic rings. The van der Waals surface area contributed by atoms with Crippen LogP contribution in [0.5, 0.6) is 0 Å². The Bertz CT molecular complexity index is 627. The van der Waals surface area contributed by atoms with Crippen LogP contribution in [0.15, 0.2) is 30.3 Å². The van der Waals surface area contributed by atoms with Gasteiger partial charge in [-0.1, -0.05) is 0 Å². The van der Waals surface area contributed by atoms with Gasteiger partial charge in [0.1, 0.15) is 17.2 Å². The van der Waals surface area contributed by atoms with Crippen LogP contribution in [-0.2, 0) is 4.74 Å². The Labute approximate surface area is 116 Å². The SMILES string of the molecule is CC(C)(C)OC(=O)n1nc(N)cc1-c1ccc(F)cc1. The Morgan fingerprint density at radius 2 is 1.90 bits per heavy atom. The highest BCUT2D eigenvalue weighted by molar-refractivity contribution is 5.78. The van der Waals surface area contributed by atoms with Gasteiger partial charge >= 0.3 is 6.09 Å². The lowest BCUT2D eigenvalue weighted by Crippen LogP contribution is -2.28. The third-order valence-corrected chi connectivity index (χ3v) is 2.43. The van der Waals surface area contributed by atoms with E-state index in [1.165, 1.54) is 18.2 Å². The number of benzene rings is 1. The van der Waals surface area contributed by atoms with Crippen LogP contribution < -0.4 is 5.73 Å². The summed E-state index contributed by atoms with van der Waals surface area (Å²) in [6, 6.07) is 7.24. The van der Waals surface area contributed by atoms with Crippen LogP contribution in [0, 0.1) is 5.82 Å². The number of halogens is 1. The summed E-state index contributed by atoms with van der Waals surface area (Å²) in [5.74, 6) is -0.166. The minimum atomic E-state index is -0.641. The number of nitrogen functional groups attached to an aromatic ring is 1. The highest BCUT2D eigenvalue weighted by atomic mass is 19.1. The average molecular weight is 277 g/mol. The summed E-state index contributed by atoms with van der Waals surface area (Å²) in [5, 5.41) is 3.92. The first-order valence-electron chi connectivity index (χ1n) is 6.11. The van der Waals surface area contributed by atoms with Crippen LogP contribution in [0.2, 0.25) is 0 Å². The third-order valence-electron chi connectivity index (χ3n) is 2.43. The molecule has 0 bridgehead atoms. The number of nitrogens with two attached hydrogens (primary N) is 1. The van der Waals surface area contributed by atoms with Gasteiger partial charge in [-0.25, -0.2) is 9.18 Å². The number of hydrogen-bond donors (Lipinski definition) is 1. The van der Waals surface area contributed by atoms with Crippen molar-refractivity contribution in [1.29, 1.82) is 0 Å². The number of carbonyl (C=O) groups is 1. The Balaban J connectivity index is 2.40. The van der Waals surface area contributed by atoms with Gasteiger partial charge in [0.25, 0.3) is 0 Å². The van der Waals surface area contributed by atoms with E-state index < -0.39 is 11.7 Å². The van der Waals surface area contributed by atoms with E-state index in [4.69, 9.17) is 10.5 Å². The molecule has 0 aliphatic rings. The molecular weight excluding hydrogens is 261 g/mol. The summed E-state index contributed by atoms with van der Waals surface area (Å²) < 4.78 is 19.3. The lowest BCUT2D eigenvalue weighted by atomic mass is 10.1. The van der Waals surface area contributed by atoms with E-state index in [9.17, 15) is 9.18 Å². The summed E-state index contributed by atoms with van der Waals surface area (Å²) >= 11 is 0. The molecule has 2 N–H and O–H groups in total. The molecule has 5 nitrogen and oxygen atoms in total. The van der Waals surface area contributed by atoms with Crippen molar-refractivity contribution in [3.05, 3.63) is 36.1 Å². The Hall–Kier alpha value is -2.37. The number of hydrogen-bond acceptors (Lipinski definition) is 4. The van der Waals surface area contributed by atoms with Gasteiger partial charge in [-0.15, -0.1) is 5.10 Å². The second-order valence-corrected chi connectivity index (χ2v) is 5.35. The molecule has 0 aliphatic heterocycles. The molecule has 0 radical (unpaired) electrons. The zero-order valence-corrected chi connectivity index (χ0v) is 11.6. The maximum absolute atomic E-state index is 13.0. The van der Waals surface area contributed by atoms with Gasteiger partial charge in [-0.3, -0.25) is 0 Å². The highest BCUT2D eigenvalue weighted by Gasteiger charge is 2.22. The molecule has 0 unspecified atom stereocenters. The van der Waals surface area contributed by atoms with Gasteiger partial charge in [0.15, 0.2) is 0 Å². The number of nitrogens with zero attached hydrogens (tertiary/aromatic N) is 2. The number of anilines is 1. The first kappa shape index (κ1) is 14.0. The Morgan fingerprint density at radius 1 is 1.30 bits per heavy atom. The smallest absolute Gasteiger partial charge is 0.435 e. The van der Waals surface area contributed by atoms with Crippen molar-refractivity contribution in [3.8, 4) is 11.3 Å². The van der Waals surface area contributed by atoms with E-state index in [1.807, 2.05) is 0 Å². The van der Waals surface area contributed by atoms with Crippen molar-refractivity contribution in [2.75, 3.05) is 5.73 Å².